The lowest BCUT2D eigenvalue weighted by Gasteiger charge is -1.98. The van der Waals surface area contributed by atoms with Crippen molar-refractivity contribution in [3.8, 4) is 0 Å². The average Bonchev–Trinajstić information content (AvgIpc) is 2.24. The summed E-state index contributed by atoms with van der Waals surface area (Å²) in [6.07, 6.45) is 5.06. The minimum atomic E-state index is -0.782. The van der Waals surface area contributed by atoms with Crippen LogP contribution in [-0.4, -0.2) is 17.0 Å². The molecule has 0 unspecified atom stereocenters. The Morgan fingerprint density at radius 1 is 1.38 bits per heavy atom. The van der Waals surface area contributed by atoms with Crippen molar-refractivity contribution in [3.63, 3.8) is 0 Å². The van der Waals surface area contributed by atoms with Gasteiger partial charge in [-0.25, -0.2) is 4.57 Å². The highest BCUT2D eigenvalue weighted by Crippen LogP contribution is 1.96. The van der Waals surface area contributed by atoms with Gasteiger partial charge in [-0.1, -0.05) is 0 Å². The van der Waals surface area contributed by atoms with Crippen LogP contribution < -0.4 is 10.3 Å². The third-order valence-corrected chi connectivity index (χ3v) is 2.20. The number of carboxylic acids is 1. The predicted octanol–water partition coefficient (Wildman–Crippen LogP) is 0.328. The number of nitrogens with two attached hydrogens (primary N) is 1. The molecule has 1 heterocycles. The molecule has 0 atom stereocenters. The van der Waals surface area contributed by atoms with Crippen LogP contribution in [0.5, 0.6) is 0 Å². The maximum atomic E-state index is 10.9. The quantitative estimate of drug-likeness (QED) is 0.538. The number of aliphatic carboxylic acids is 1. The van der Waals surface area contributed by atoms with Crippen molar-refractivity contribution in [2.75, 3.05) is 0 Å². The molecule has 0 saturated carbocycles. The zero-order valence-electron chi connectivity index (χ0n) is 8.93. The lowest BCUT2D eigenvalue weighted by Crippen LogP contribution is -2.34. The Kier molecular flexibility index (Phi) is 4.44. The summed E-state index contributed by atoms with van der Waals surface area (Å²) in [4.78, 5) is 21.2. The van der Waals surface area contributed by atoms with E-state index in [4.69, 9.17) is 10.8 Å². The highest BCUT2D eigenvalue weighted by Gasteiger charge is 2.07. The summed E-state index contributed by atoms with van der Waals surface area (Å²) in [6, 6.07) is 3.40. The fraction of sp³-hybridized carbons (Fsp3) is 0.364. The Morgan fingerprint density at radius 3 is 2.75 bits per heavy atom. The van der Waals surface area contributed by atoms with Gasteiger partial charge in [0.2, 0.25) is 0 Å². The molecule has 1 amide bonds. The molecule has 0 aliphatic carbocycles. The lowest BCUT2D eigenvalue weighted by atomic mass is 10.2. The molecular weight excluding hydrogens is 208 g/mol. The van der Waals surface area contributed by atoms with E-state index in [1.165, 1.54) is 0 Å². The van der Waals surface area contributed by atoms with Gasteiger partial charge < -0.3 is 10.8 Å². The van der Waals surface area contributed by atoms with E-state index in [1.807, 2.05) is 10.8 Å². The van der Waals surface area contributed by atoms with Crippen LogP contribution in [0, 0.1) is 0 Å². The van der Waals surface area contributed by atoms with E-state index >= 15 is 0 Å². The van der Waals surface area contributed by atoms with Crippen LogP contribution in [0.3, 0.4) is 0 Å². The number of amides is 1. The summed E-state index contributed by atoms with van der Waals surface area (Å²) in [5.41, 5.74) is 5.61. The Morgan fingerprint density at radius 2 is 2.12 bits per heavy atom. The van der Waals surface area contributed by atoms with Gasteiger partial charge in [-0.2, -0.15) is 0 Å². The van der Waals surface area contributed by atoms with Crippen LogP contribution in [0.15, 0.2) is 24.5 Å². The van der Waals surface area contributed by atoms with Crippen molar-refractivity contribution in [1.82, 2.24) is 0 Å². The smallest absolute Gasteiger partial charge is 0.303 e. The molecule has 5 nitrogen and oxygen atoms in total. The predicted molar refractivity (Wildman–Crippen MR) is 56.6 cm³/mol. The van der Waals surface area contributed by atoms with Gasteiger partial charge in [-0.3, -0.25) is 9.59 Å². The Hall–Kier alpha value is -1.91. The fourth-order valence-electron chi connectivity index (χ4n) is 1.38. The van der Waals surface area contributed by atoms with Crippen molar-refractivity contribution in [2.45, 2.75) is 25.8 Å². The van der Waals surface area contributed by atoms with E-state index in [1.54, 1.807) is 18.3 Å². The van der Waals surface area contributed by atoms with E-state index < -0.39 is 11.9 Å². The molecule has 5 heteroatoms. The second-order valence-electron chi connectivity index (χ2n) is 3.55. The topological polar surface area (TPSA) is 84.3 Å². The molecule has 0 aliphatic rings. The standard InChI is InChI=1S/C11H14N2O3/c12-11(16)9-4-3-7-13(8-9)6-2-1-5-10(14)15/h3-4,7-8H,1-2,5-6H2,(H2-,12,14,15,16)/p+1. The number of unbranched alkanes of at least 4 members (excludes halogenated alkanes) is 1. The lowest BCUT2D eigenvalue weighted by molar-refractivity contribution is -0.697. The molecule has 0 aromatic carbocycles. The van der Waals surface area contributed by atoms with Crippen molar-refractivity contribution in [3.05, 3.63) is 30.1 Å². The van der Waals surface area contributed by atoms with Crippen molar-refractivity contribution in [2.24, 2.45) is 5.73 Å². The second-order valence-corrected chi connectivity index (χ2v) is 3.55. The molecule has 3 N–H and O–H groups in total. The zero-order valence-corrected chi connectivity index (χ0v) is 8.93. The second kappa shape index (κ2) is 5.85. The number of rotatable bonds is 6. The third-order valence-electron chi connectivity index (χ3n) is 2.20. The Balaban J connectivity index is 2.45. The van der Waals surface area contributed by atoms with Gasteiger partial charge in [0.05, 0.1) is 0 Å². The molecule has 0 aliphatic heterocycles. The normalized spacial score (nSPS) is 10.0. The number of carbonyl (C=O) groups is 2. The minimum absolute atomic E-state index is 0.177. The first kappa shape index (κ1) is 12.2. The maximum absolute atomic E-state index is 10.9. The van der Waals surface area contributed by atoms with E-state index in [2.05, 4.69) is 0 Å². The molecular formula is C11H15N2O3+. The van der Waals surface area contributed by atoms with Crippen molar-refractivity contribution in [1.29, 1.82) is 0 Å². The minimum Gasteiger partial charge on any atom is -0.481 e. The Labute approximate surface area is 93.5 Å². The molecule has 1 aromatic heterocycles. The van der Waals surface area contributed by atoms with Gasteiger partial charge in [0.15, 0.2) is 12.4 Å². The van der Waals surface area contributed by atoms with Crippen LogP contribution in [-0.2, 0) is 11.3 Å². The maximum Gasteiger partial charge on any atom is 0.303 e. The first-order valence-corrected chi connectivity index (χ1v) is 5.10. The van der Waals surface area contributed by atoms with Crippen LogP contribution in [0.1, 0.15) is 29.6 Å². The van der Waals surface area contributed by atoms with Gasteiger partial charge >= 0.3 is 5.97 Å². The summed E-state index contributed by atoms with van der Waals surface area (Å²) in [7, 11) is 0. The van der Waals surface area contributed by atoms with E-state index in [0.717, 1.165) is 6.42 Å². The first-order valence-electron chi connectivity index (χ1n) is 5.10. The van der Waals surface area contributed by atoms with Crippen molar-refractivity contribution < 1.29 is 19.3 Å². The number of primary amides is 1. The molecule has 1 rings (SSSR count). The molecule has 0 saturated heterocycles. The summed E-state index contributed by atoms with van der Waals surface area (Å²) in [6.45, 7) is 0.689. The van der Waals surface area contributed by atoms with Crippen LogP contribution in [0.25, 0.3) is 0 Å². The van der Waals surface area contributed by atoms with Crippen LogP contribution in [0.4, 0.5) is 0 Å². The summed E-state index contributed by atoms with van der Waals surface area (Å²) in [5.74, 6) is -1.24. The molecule has 86 valence electrons. The molecule has 0 fully saturated rings. The van der Waals surface area contributed by atoms with E-state index in [-0.39, 0.29) is 6.42 Å². The summed E-state index contributed by atoms with van der Waals surface area (Å²) < 4.78 is 1.84. The molecule has 0 radical (unpaired) electrons. The highest BCUT2D eigenvalue weighted by molar-refractivity contribution is 5.92. The summed E-state index contributed by atoms with van der Waals surface area (Å²) >= 11 is 0. The monoisotopic (exact) mass is 223 g/mol. The third kappa shape index (κ3) is 4.08. The number of nitrogens with zero attached hydrogens (tertiary/aromatic N) is 1. The molecule has 0 spiro atoms. The molecule has 16 heavy (non-hydrogen) atoms. The van der Waals surface area contributed by atoms with Gasteiger partial charge in [0.1, 0.15) is 12.1 Å². The van der Waals surface area contributed by atoms with E-state index in [0.29, 0.717) is 18.5 Å². The van der Waals surface area contributed by atoms with Gasteiger partial charge in [-0.05, 0) is 12.5 Å². The number of pyridine rings is 1. The van der Waals surface area contributed by atoms with Crippen LogP contribution in [0.2, 0.25) is 0 Å². The number of aryl methyl sites for hydroxylation is 1. The number of hydrogen-bond acceptors (Lipinski definition) is 2. The summed E-state index contributed by atoms with van der Waals surface area (Å²) in [5, 5.41) is 8.46. The van der Waals surface area contributed by atoms with Crippen molar-refractivity contribution >= 4 is 11.9 Å². The molecule has 1 aromatic rings. The fourth-order valence-corrected chi connectivity index (χ4v) is 1.38. The first-order chi connectivity index (χ1) is 7.59. The number of aromatic nitrogens is 1. The highest BCUT2D eigenvalue weighted by atomic mass is 16.4. The van der Waals surface area contributed by atoms with Gasteiger partial charge in [-0.15, -0.1) is 0 Å². The zero-order chi connectivity index (χ0) is 12.0. The average molecular weight is 223 g/mol. The number of carbonyl (C=O) groups excluding carboxylic acids is 1. The van der Waals surface area contributed by atoms with Crippen LogP contribution >= 0.6 is 0 Å². The van der Waals surface area contributed by atoms with Gasteiger partial charge in [0.25, 0.3) is 5.91 Å². The number of carboxylic acid groups (broad SMARTS) is 1. The molecule has 0 bridgehead atoms. The Bertz CT molecular complexity index is 391. The van der Waals surface area contributed by atoms with Gasteiger partial charge in [0, 0.05) is 18.9 Å². The SMILES string of the molecule is NC(=O)c1ccc[n+](CCCCC(=O)O)c1. The van der Waals surface area contributed by atoms with E-state index in [9.17, 15) is 9.59 Å². The number of hydrogen-bond donors (Lipinski definition) is 2. The largest absolute Gasteiger partial charge is 0.481 e.